The molecule has 4 nitrogen and oxygen atoms in total. The first-order valence-electron chi connectivity index (χ1n) is 8.36. The van der Waals surface area contributed by atoms with Crippen LogP contribution in [0.15, 0.2) is 60.7 Å². The van der Waals surface area contributed by atoms with Crippen molar-refractivity contribution in [2.24, 2.45) is 0 Å². The van der Waals surface area contributed by atoms with Gasteiger partial charge in [0.1, 0.15) is 5.82 Å². The maximum Gasteiger partial charge on any atom is 0.311 e. The number of nitrogens with one attached hydrogen (secondary N) is 1. The smallest absolute Gasteiger partial charge is 0.311 e. The quantitative estimate of drug-likeness (QED) is 0.645. The zero-order valence-corrected chi connectivity index (χ0v) is 15.3. The zero-order valence-electron chi connectivity index (χ0n) is 14.5. The van der Waals surface area contributed by atoms with E-state index < -0.39 is 23.8 Å². The number of halogens is 2. The Bertz CT molecular complexity index is 1000. The number of hydrogen-bond acceptors (Lipinski definition) is 3. The highest BCUT2D eigenvalue weighted by Crippen LogP contribution is 2.23. The summed E-state index contributed by atoms with van der Waals surface area (Å²) in [7, 11) is 0. The topological polar surface area (TPSA) is 55.4 Å². The van der Waals surface area contributed by atoms with Crippen molar-refractivity contribution in [2.75, 3.05) is 5.32 Å². The molecule has 0 aliphatic carbocycles. The van der Waals surface area contributed by atoms with Crippen LogP contribution in [-0.2, 0) is 20.7 Å². The molecule has 0 saturated carbocycles. The minimum atomic E-state index is -1.02. The van der Waals surface area contributed by atoms with Crippen LogP contribution in [0.25, 0.3) is 10.8 Å². The van der Waals surface area contributed by atoms with Crippen molar-refractivity contribution in [1.82, 2.24) is 0 Å². The van der Waals surface area contributed by atoms with E-state index in [0.29, 0.717) is 0 Å². The summed E-state index contributed by atoms with van der Waals surface area (Å²) in [6, 6.07) is 17.0. The minimum Gasteiger partial charge on any atom is -0.452 e. The highest BCUT2D eigenvalue weighted by Gasteiger charge is 2.19. The fourth-order valence-electron chi connectivity index (χ4n) is 2.72. The van der Waals surface area contributed by atoms with Gasteiger partial charge in [0.25, 0.3) is 5.91 Å². The van der Waals surface area contributed by atoms with Gasteiger partial charge in [0, 0.05) is 0 Å². The van der Waals surface area contributed by atoms with Crippen LogP contribution in [0.4, 0.5) is 10.1 Å². The van der Waals surface area contributed by atoms with Gasteiger partial charge in [-0.05, 0) is 41.5 Å². The van der Waals surface area contributed by atoms with E-state index in [0.717, 1.165) is 22.4 Å². The second-order valence-electron chi connectivity index (χ2n) is 6.06. The molecule has 3 aromatic rings. The number of anilines is 1. The standard InChI is InChI=1S/C21H17ClFNO3/c1-13(21(26)24-19-10-9-16(23)12-18(19)22)27-20(25)11-15-7-4-6-14-5-2-3-8-17(14)15/h2-10,12-13H,11H2,1H3,(H,24,26)/t13-/m0/s1. The van der Waals surface area contributed by atoms with Gasteiger partial charge in [-0.2, -0.15) is 0 Å². The Morgan fingerprint density at radius 1 is 1.11 bits per heavy atom. The first kappa shape index (κ1) is 18.9. The van der Waals surface area contributed by atoms with Crippen LogP contribution in [-0.4, -0.2) is 18.0 Å². The zero-order chi connectivity index (χ0) is 19.4. The lowest BCUT2D eigenvalue weighted by molar-refractivity contribution is -0.152. The summed E-state index contributed by atoms with van der Waals surface area (Å²) >= 11 is 5.88. The predicted octanol–water partition coefficient (Wildman–Crippen LogP) is 4.75. The SMILES string of the molecule is C[C@H](OC(=O)Cc1cccc2ccccc12)C(=O)Nc1ccc(F)cc1Cl. The number of esters is 1. The van der Waals surface area contributed by atoms with Crippen LogP contribution < -0.4 is 5.32 Å². The number of carbonyl (C=O) groups is 2. The van der Waals surface area contributed by atoms with Gasteiger partial charge in [0.05, 0.1) is 17.1 Å². The third-order valence-corrected chi connectivity index (χ3v) is 4.39. The number of carbonyl (C=O) groups excluding carboxylic acids is 2. The largest absolute Gasteiger partial charge is 0.452 e. The van der Waals surface area contributed by atoms with Gasteiger partial charge in [0.2, 0.25) is 0 Å². The van der Waals surface area contributed by atoms with Crippen LogP contribution in [0.5, 0.6) is 0 Å². The van der Waals surface area contributed by atoms with Crippen LogP contribution in [0, 0.1) is 5.82 Å². The van der Waals surface area contributed by atoms with E-state index in [9.17, 15) is 14.0 Å². The monoisotopic (exact) mass is 385 g/mol. The van der Waals surface area contributed by atoms with Crippen molar-refractivity contribution in [3.63, 3.8) is 0 Å². The molecule has 27 heavy (non-hydrogen) atoms. The molecule has 3 rings (SSSR count). The number of hydrogen-bond donors (Lipinski definition) is 1. The summed E-state index contributed by atoms with van der Waals surface area (Å²) in [5, 5.41) is 4.58. The van der Waals surface area contributed by atoms with Crippen molar-refractivity contribution >= 4 is 39.9 Å². The van der Waals surface area contributed by atoms with Crippen molar-refractivity contribution in [3.8, 4) is 0 Å². The lowest BCUT2D eigenvalue weighted by Gasteiger charge is -2.15. The number of rotatable bonds is 5. The van der Waals surface area contributed by atoms with Crippen LogP contribution >= 0.6 is 11.6 Å². The molecule has 1 amide bonds. The summed E-state index contributed by atoms with van der Waals surface area (Å²) in [6.07, 6.45) is -0.968. The van der Waals surface area contributed by atoms with E-state index in [1.54, 1.807) is 0 Å². The minimum absolute atomic E-state index is 0.0519. The molecule has 0 fully saturated rings. The Labute approximate surface area is 160 Å². The van der Waals surface area contributed by atoms with Crippen molar-refractivity contribution < 1.29 is 18.7 Å². The molecule has 0 radical (unpaired) electrons. The average molecular weight is 386 g/mol. The molecular formula is C21H17ClFNO3. The first-order chi connectivity index (χ1) is 12.9. The summed E-state index contributed by atoms with van der Waals surface area (Å²) < 4.78 is 18.3. The number of ether oxygens (including phenoxy) is 1. The van der Waals surface area contributed by atoms with Crippen molar-refractivity contribution in [1.29, 1.82) is 0 Å². The van der Waals surface area contributed by atoms with Gasteiger partial charge in [-0.3, -0.25) is 9.59 Å². The molecule has 1 N–H and O–H groups in total. The number of fused-ring (bicyclic) bond motifs is 1. The van der Waals surface area contributed by atoms with Crippen LogP contribution in [0.2, 0.25) is 5.02 Å². The van der Waals surface area contributed by atoms with Crippen molar-refractivity contribution in [3.05, 3.63) is 77.1 Å². The van der Waals surface area contributed by atoms with E-state index in [4.69, 9.17) is 16.3 Å². The Morgan fingerprint density at radius 2 is 1.85 bits per heavy atom. The summed E-state index contributed by atoms with van der Waals surface area (Å²) in [6.45, 7) is 1.47. The Morgan fingerprint density at radius 3 is 2.63 bits per heavy atom. The first-order valence-corrected chi connectivity index (χ1v) is 8.74. The molecule has 0 aromatic heterocycles. The van der Waals surface area contributed by atoms with E-state index in [1.807, 2.05) is 42.5 Å². The second kappa shape index (κ2) is 8.18. The molecule has 0 saturated heterocycles. The molecule has 0 aliphatic heterocycles. The fraction of sp³-hybridized carbons (Fsp3) is 0.143. The third kappa shape index (κ3) is 4.63. The molecule has 138 valence electrons. The van der Waals surface area contributed by atoms with Crippen LogP contribution in [0.3, 0.4) is 0 Å². The molecule has 0 spiro atoms. The summed E-state index contributed by atoms with van der Waals surface area (Å²) in [4.78, 5) is 24.5. The molecule has 3 aromatic carbocycles. The van der Waals surface area contributed by atoms with Gasteiger partial charge in [0.15, 0.2) is 6.10 Å². The van der Waals surface area contributed by atoms with Gasteiger partial charge < -0.3 is 10.1 Å². The van der Waals surface area contributed by atoms with Gasteiger partial charge >= 0.3 is 5.97 Å². The summed E-state index contributed by atoms with van der Waals surface area (Å²) in [5.74, 6) is -1.57. The van der Waals surface area contributed by atoms with Crippen molar-refractivity contribution in [2.45, 2.75) is 19.4 Å². The molecule has 0 bridgehead atoms. The van der Waals surface area contributed by atoms with Gasteiger partial charge in [-0.25, -0.2) is 4.39 Å². The maximum absolute atomic E-state index is 13.1. The average Bonchev–Trinajstić information content (AvgIpc) is 2.64. The number of benzene rings is 3. The molecule has 0 aliphatic rings. The van der Waals surface area contributed by atoms with E-state index in [1.165, 1.54) is 19.1 Å². The highest BCUT2D eigenvalue weighted by atomic mass is 35.5. The second-order valence-corrected chi connectivity index (χ2v) is 6.47. The van der Waals surface area contributed by atoms with E-state index in [2.05, 4.69) is 5.32 Å². The molecular weight excluding hydrogens is 369 g/mol. The van der Waals surface area contributed by atoms with Crippen LogP contribution in [0.1, 0.15) is 12.5 Å². The van der Waals surface area contributed by atoms with E-state index >= 15 is 0 Å². The van der Waals surface area contributed by atoms with E-state index in [-0.39, 0.29) is 17.1 Å². The number of amides is 1. The normalized spacial score (nSPS) is 11.8. The fourth-order valence-corrected chi connectivity index (χ4v) is 2.93. The Hall–Kier alpha value is -2.92. The molecule has 6 heteroatoms. The van der Waals surface area contributed by atoms with Gasteiger partial charge in [-0.15, -0.1) is 0 Å². The third-order valence-electron chi connectivity index (χ3n) is 4.08. The summed E-state index contributed by atoms with van der Waals surface area (Å²) in [5.41, 5.74) is 1.08. The predicted molar refractivity (Wildman–Crippen MR) is 103 cm³/mol. The maximum atomic E-state index is 13.1. The van der Waals surface area contributed by atoms with Gasteiger partial charge in [-0.1, -0.05) is 54.1 Å². The Kier molecular flexibility index (Phi) is 5.72. The molecule has 0 heterocycles. The lowest BCUT2D eigenvalue weighted by atomic mass is 10.0. The lowest BCUT2D eigenvalue weighted by Crippen LogP contribution is -2.30. The molecule has 0 unspecified atom stereocenters. The molecule has 1 atom stereocenters. The highest BCUT2D eigenvalue weighted by molar-refractivity contribution is 6.33. The Balaban J connectivity index is 1.63.